The van der Waals surface area contributed by atoms with E-state index in [4.69, 9.17) is 5.11 Å². The fourth-order valence-electron chi connectivity index (χ4n) is 1.52. The van der Waals surface area contributed by atoms with Crippen LogP contribution >= 0.6 is 0 Å². The second kappa shape index (κ2) is 3.89. The molecule has 2 N–H and O–H groups in total. The lowest BCUT2D eigenvalue weighted by Gasteiger charge is -2.14. The van der Waals surface area contributed by atoms with Crippen LogP contribution in [0, 0.1) is 0 Å². The molecule has 2 rings (SSSR count). The monoisotopic (exact) mass is 195 g/mol. The molecule has 0 saturated carbocycles. The third-order valence-electron chi connectivity index (χ3n) is 2.32. The van der Waals surface area contributed by atoms with Gasteiger partial charge in [-0.3, -0.25) is 0 Å². The number of hydrogen-bond acceptors (Lipinski definition) is 5. The van der Waals surface area contributed by atoms with Gasteiger partial charge in [0.25, 0.3) is 0 Å². The molecule has 0 bridgehead atoms. The normalized spacial score (nSPS) is 21.6. The maximum Gasteiger partial charge on any atom is 0.225 e. The van der Waals surface area contributed by atoms with Crippen molar-refractivity contribution >= 4 is 5.95 Å². The predicted octanol–water partition coefficient (Wildman–Crippen LogP) is -0.460. The zero-order valence-electron chi connectivity index (χ0n) is 7.80. The van der Waals surface area contributed by atoms with E-state index in [1.54, 1.807) is 12.4 Å². The van der Waals surface area contributed by atoms with Gasteiger partial charge in [-0.25, -0.2) is 9.97 Å². The van der Waals surface area contributed by atoms with Gasteiger partial charge in [0.15, 0.2) is 0 Å². The maximum absolute atomic E-state index is 9.32. The highest BCUT2D eigenvalue weighted by molar-refractivity contribution is 5.31. The van der Waals surface area contributed by atoms with E-state index >= 15 is 0 Å². The van der Waals surface area contributed by atoms with Crippen molar-refractivity contribution in [1.29, 1.82) is 0 Å². The third kappa shape index (κ3) is 1.83. The van der Waals surface area contributed by atoms with Crippen LogP contribution in [0.25, 0.3) is 0 Å². The molecular formula is C9H13N3O2. The topological polar surface area (TPSA) is 69.5 Å². The molecule has 0 amide bonds. The van der Waals surface area contributed by atoms with Crippen molar-refractivity contribution in [2.75, 3.05) is 18.0 Å². The Bertz CT molecular complexity index is 301. The number of aliphatic hydroxyl groups excluding tert-OH is 2. The van der Waals surface area contributed by atoms with Gasteiger partial charge in [0, 0.05) is 31.0 Å². The summed E-state index contributed by atoms with van der Waals surface area (Å²) in [7, 11) is 0. The Kier molecular flexibility index (Phi) is 2.60. The third-order valence-corrected chi connectivity index (χ3v) is 2.32. The summed E-state index contributed by atoms with van der Waals surface area (Å²) in [5.74, 6) is 0.624. The van der Waals surface area contributed by atoms with Gasteiger partial charge >= 0.3 is 0 Å². The van der Waals surface area contributed by atoms with E-state index < -0.39 is 0 Å². The highest BCUT2D eigenvalue weighted by Gasteiger charge is 2.21. The SMILES string of the molecule is OCc1cnc(N2CCC(O)C2)nc1. The van der Waals surface area contributed by atoms with Crippen molar-refractivity contribution in [3.8, 4) is 0 Å². The summed E-state index contributed by atoms with van der Waals surface area (Å²) in [4.78, 5) is 10.2. The van der Waals surface area contributed by atoms with Crippen LogP contribution in [-0.2, 0) is 6.61 Å². The first-order valence-corrected chi connectivity index (χ1v) is 4.64. The largest absolute Gasteiger partial charge is 0.392 e. The molecule has 0 aromatic carbocycles. The van der Waals surface area contributed by atoms with E-state index in [1.807, 2.05) is 4.90 Å². The Balaban J connectivity index is 2.09. The van der Waals surface area contributed by atoms with Crippen molar-refractivity contribution in [2.24, 2.45) is 0 Å². The number of β-amino-alcohol motifs (C(OH)–C–C–N with tert-alkyl or cyclic N) is 1. The van der Waals surface area contributed by atoms with Crippen molar-refractivity contribution in [3.05, 3.63) is 18.0 Å². The zero-order chi connectivity index (χ0) is 9.97. The summed E-state index contributed by atoms with van der Waals surface area (Å²) in [5.41, 5.74) is 0.702. The fourth-order valence-corrected chi connectivity index (χ4v) is 1.52. The number of rotatable bonds is 2. The van der Waals surface area contributed by atoms with Crippen molar-refractivity contribution in [1.82, 2.24) is 9.97 Å². The van der Waals surface area contributed by atoms with Crippen LogP contribution in [0.15, 0.2) is 12.4 Å². The highest BCUT2D eigenvalue weighted by atomic mass is 16.3. The Morgan fingerprint density at radius 2 is 2.14 bits per heavy atom. The van der Waals surface area contributed by atoms with Gasteiger partial charge in [0.05, 0.1) is 12.7 Å². The first kappa shape index (κ1) is 9.36. The second-order valence-corrected chi connectivity index (χ2v) is 3.44. The quantitative estimate of drug-likeness (QED) is 0.668. The van der Waals surface area contributed by atoms with Crippen molar-refractivity contribution in [3.63, 3.8) is 0 Å². The lowest BCUT2D eigenvalue weighted by atomic mass is 10.3. The van der Waals surface area contributed by atoms with Crippen LogP contribution in [0.1, 0.15) is 12.0 Å². The molecule has 1 aromatic heterocycles. The standard InChI is InChI=1S/C9H13N3O2/c13-6-7-3-10-9(11-4-7)12-2-1-8(14)5-12/h3-4,8,13-14H,1-2,5-6H2. The predicted molar refractivity (Wildman–Crippen MR) is 50.8 cm³/mol. The molecule has 5 heteroatoms. The van der Waals surface area contributed by atoms with Crippen LogP contribution in [0.3, 0.4) is 0 Å². The van der Waals surface area contributed by atoms with Crippen LogP contribution in [-0.4, -0.2) is 39.4 Å². The molecule has 76 valence electrons. The van der Waals surface area contributed by atoms with Crippen LogP contribution in [0.5, 0.6) is 0 Å². The summed E-state index contributed by atoms with van der Waals surface area (Å²) in [6.45, 7) is 1.35. The summed E-state index contributed by atoms with van der Waals surface area (Å²) >= 11 is 0. The summed E-state index contributed by atoms with van der Waals surface area (Å²) < 4.78 is 0. The van der Waals surface area contributed by atoms with E-state index in [0.29, 0.717) is 18.1 Å². The molecule has 0 spiro atoms. The lowest BCUT2D eigenvalue weighted by molar-refractivity contribution is 0.198. The minimum Gasteiger partial charge on any atom is -0.392 e. The molecule has 1 unspecified atom stereocenters. The molecule has 5 nitrogen and oxygen atoms in total. The minimum atomic E-state index is -0.267. The maximum atomic E-state index is 9.32. The van der Waals surface area contributed by atoms with Crippen molar-refractivity contribution < 1.29 is 10.2 Å². The molecule has 1 atom stereocenters. The van der Waals surface area contributed by atoms with E-state index in [1.165, 1.54) is 0 Å². The van der Waals surface area contributed by atoms with Gasteiger partial charge < -0.3 is 15.1 Å². The van der Waals surface area contributed by atoms with Crippen molar-refractivity contribution in [2.45, 2.75) is 19.1 Å². The fraction of sp³-hybridized carbons (Fsp3) is 0.556. The van der Waals surface area contributed by atoms with Gasteiger partial charge in [-0.15, -0.1) is 0 Å². The lowest BCUT2D eigenvalue weighted by Crippen LogP contribution is -2.23. The molecule has 14 heavy (non-hydrogen) atoms. The first-order chi connectivity index (χ1) is 6.79. The van der Waals surface area contributed by atoms with Gasteiger partial charge in [0.1, 0.15) is 0 Å². The van der Waals surface area contributed by atoms with Crippen LogP contribution in [0.4, 0.5) is 5.95 Å². The summed E-state index contributed by atoms with van der Waals surface area (Å²) in [5, 5.41) is 18.1. The van der Waals surface area contributed by atoms with Crippen LogP contribution in [0.2, 0.25) is 0 Å². The Morgan fingerprint density at radius 1 is 1.43 bits per heavy atom. The van der Waals surface area contributed by atoms with E-state index in [-0.39, 0.29) is 12.7 Å². The molecule has 2 heterocycles. The Morgan fingerprint density at radius 3 is 2.64 bits per heavy atom. The Hall–Kier alpha value is -1.20. The smallest absolute Gasteiger partial charge is 0.225 e. The molecular weight excluding hydrogens is 182 g/mol. The van der Waals surface area contributed by atoms with Gasteiger partial charge in [-0.2, -0.15) is 0 Å². The molecule has 1 aliphatic rings. The number of nitrogens with zero attached hydrogens (tertiary/aromatic N) is 3. The van der Waals surface area contributed by atoms with Gasteiger partial charge in [-0.1, -0.05) is 0 Å². The average molecular weight is 195 g/mol. The van der Waals surface area contributed by atoms with E-state index in [2.05, 4.69) is 9.97 Å². The molecule has 1 aromatic rings. The summed E-state index contributed by atoms with van der Waals surface area (Å²) in [6, 6.07) is 0. The number of aliphatic hydroxyl groups is 2. The van der Waals surface area contributed by atoms with E-state index in [0.717, 1.165) is 13.0 Å². The zero-order valence-corrected chi connectivity index (χ0v) is 7.80. The first-order valence-electron chi connectivity index (χ1n) is 4.64. The minimum absolute atomic E-state index is 0.0388. The van der Waals surface area contributed by atoms with Gasteiger partial charge in [0.2, 0.25) is 5.95 Å². The average Bonchev–Trinajstić information content (AvgIpc) is 2.65. The molecule has 1 saturated heterocycles. The highest BCUT2D eigenvalue weighted by Crippen LogP contribution is 2.15. The number of aromatic nitrogens is 2. The second-order valence-electron chi connectivity index (χ2n) is 3.44. The molecule has 1 aliphatic heterocycles. The molecule has 0 aliphatic carbocycles. The van der Waals surface area contributed by atoms with E-state index in [9.17, 15) is 5.11 Å². The number of anilines is 1. The molecule has 0 radical (unpaired) electrons. The van der Waals surface area contributed by atoms with Gasteiger partial charge in [-0.05, 0) is 6.42 Å². The summed E-state index contributed by atoms with van der Waals surface area (Å²) in [6.07, 6.45) is 3.71. The Labute approximate surface area is 82.0 Å². The van der Waals surface area contributed by atoms with Crippen LogP contribution < -0.4 is 4.90 Å². The molecule has 1 fully saturated rings. The number of hydrogen-bond donors (Lipinski definition) is 2.